The van der Waals surface area contributed by atoms with Crippen molar-refractivity contribution < 1.29 is 9.53 Å². The Kier molecular flexibility index (Phi) is 5.53. The van der Waals surface area contributed by atoms with Crippen LogP contribution in [0, 0.1) is 5.92 Å². The summed E-state index contributed by atoms with van der Waals surface area (Å²) in [7, 11) is 0. The minimum absolute atomic E-state index is 0.0954. The molecule has 5 heteroatoms. The SMILES string of the molecule is CCc1c(C(=O)N2CCOCC2)c(CC(C)C)nn1-c1ccccc1. The van der Waals surface area contributed by atoms with Gasteiger partial charge in [0.05, 0.1) is 35.9 Å². The lowest BCUT2D eigenvalue weighted by Crippen LogP contribution is -2.41. The van der Waals surface area contributed by atoms with Gasteiger partial charge in [-0.3, -0.25) is 4.79 Å². The van der Waals surface area contributed by atoms with Gasteiger partial charge in [-0.05, 0) is 30.9 Å². The number of rotatable bonds is 5. The molecule has 134 valence electrons. The summed E-state index contributed by atoms with van der Waals surface area (Å²) in [5, 5.41) is 4.85. The van der Waals surface area contributed by atoms with Gasteiger partial charge in [0.2, 0.25) is 0 Å². The molecule has 1 aliphatic heterocycles. The molecular formula is C20H27N3O2. The van der Waals surface area contributed by atoms with E-state index in [4.69, 9.17) is 9.84 Å². The molecule has 1 aliphatic rings. The second kappa shape index (κ2) is 7.83. The molecule has 2 heterocycles. The fourth-order valence-electron chi connectivity index (χ4n) is 3.31. The number of amides is 1. The number of para-hydroxylation sites is 1. The van der Waals surface area contributed by atoms with Crippen LogP contribution < -0.4 is 0 Å². The van der Waals surface area contributed by atoms with E-state index in [1.807, 2.05) is 39.9 Å². The van der Waals surface area contributed by atoms with Gasteiger partial charge in [-0.1, -0.05) is 39.0 Å². The predicted octanol–water partition coefficient (Wildman–Crippen LogP) is 3.11. The Balaban J connectivity index is 2.07. The number of morpholine rings is 1. The summed E-state index contributed by atoms with van der Waals surface area (Å²) in [6, 6.07) is 10.1. The first-order valence-corrected chi connectivity index (χ1v) is 9.15. The van der Waals surface area contributed by atoms with E-state index in [2.05, 4.69) is 20.8 Å². The van der Waals surface area contributed by atoms with Gasteiger partial charge in [-0.25, -0.2) is 4.68 Å². The van der Waals surface area contributed by atoms with Crippen LogP contribution in [0.1, 0.15) is 42.5 Å². The second-order valence-corrected chi connectivity index (χ2v) is 6.87. The summed E-state index contributed by atoms with van der Waals surface area (Å²) in [6.07, 6.45) is 1.57. The van der Waals surface area contributed by atoms with E-state index in [0.717, 1.165) is 35.5 Å². The van der Waals surface area contributed by atoms with Crippen LogP contribution in [0.3, 0.4) is 0 Å². The molecule has 25 heavy (non-hydrogen) atoms. The van der Waals surface area contributed by atoms with Gasteiger partial charge < -0.3 is 9.64 Å². The Hall–Kier alpha value is -2.14. The molecule has 1 saturated heterocycles. The molecular weight excluding hydrogens is 314 g/mol. The zero-order valence-electron chi connectivity index (χ0n) is 15.4. The number of hydrogen-bond donors (Lipinski definition) is 0. The van der Waals surface area contributed by atoms with E-state index >= 15 is 0 Å². The van der Waals surface area contributed by atoms with Gasteiger partial charge in [-0.15, -0.1) is 0 Å². The van der Waals surface area contributed by atoms with Crippen molar-refractivity contribution in [3.63, 3.8) is 0 Å². The van der Waals surface area contributed by atoms with E-state index in [1.54, 1.807) is 0 Å². The molecule has 1 amide bonds. The Morgan fingerprint density at radius 3 is 2.48 bits per heavy atom. The van der Waals surface area contributed by atoms with E-state index in [9.17, 15) is 4.79 Å². The number of carbonyl (C=O) groups excluding carboxylic acids is 1. The summed E-state index contributed by atoms with van der Waals surface area (Å²) in [6.45, 7) is 8.94. The van der Waals surface area contributed by atoms with Gasteiger partial charge in [0, 0.05) is 13.1 Å². The fourth-order valence-corrected chi connectivity index (χ4v) is 3.31. The summed E-state index contributed by atoms with van der Waals surface area (Å²) >= 11 is 0. The summed E-state index contributed by atoms with van der Waals surface area (Å²) in [5.74, 6) is 0.540. The molecule has 1 aromatic heterocycles. The third kappa shape index (κ3) is 3.76. The summed E-state index contributed by atoms with van der Waals surface area (Å²) < 4.78 is 7.35. The van der Waals surface area contributed by atoms with Crippen LogP contribution in [0.5, 0.6) is 0 Å². The Bertz CT molecular complexity index is 716. The lowest BCUT2D eigenvalue weighted by atomic mass is 10.0. The Labute approximate surface area is 149 Å². The predicted molar refractivity (Wildman–Crippen MR) is 98.2 cm³/mol. The molecule has 0 bridgehead atoms. The van der Waals surface area contributed by atoms with Gasteiger partial charge in [0.25, 0.3) is 5.91 Å². The number of benzene rings is 1. The molecule has 0 aliphatic carbocycles. The zero-order chi connectivity index (χ0) is 17.8. The fraction of sp³-hybridized carbons (Fsp3) is 0.500. The van der Waals surface area contributed by atoms with Crippen molar-refractivity contribution >= 4 is 5.91 Å². The van der Waals surface area contributed by atoms with Crippen molar-refractivity contribution in [3.8, 4) is 5.69 Å². The highest BCUT2D eigenvalue weighted by Gasteiger charge is 2.28. The highest BCUT2D eigenvalue weighted by atomic mass is 16.5. The van der Waals surface area contributed by atoms with E-state index in [-0.39, 0.29) is 5.91 Å². The highest BCUT2D eigenvalue weighted by molar-refractivity contribution is 5.96. The molecule has 1 fully saturated rings. The normalized spacial score (nSPS) is 15.0. The quantitative estimate of drug-likeness (QED) is 0.839. The van der Waals surface area contributed by atoms with E-state index in [1.165, 1.54) is 0 Å². The van der Waals surface area contributed by atoms with Crippen molar-refractivity contribution in [2.75, 3.05) is 26.3 Å². The van der Waals surface area contributed by atoms with Gasteiger partial charge in [0.15, 0.2) is 0 Å². The number of nitrogens with zero attached hydrogens (tertiary/aromatic N) is 3. The van der Waals surface area contributed by atoms with Crippen LogP contribution in [-0.2, 0) is 17.6 Å². The van der Waals surface area contributed by atoms with Crippen LogP contribution >= 0.6 is 0 Å². The number of aromatic nitrogens is 2. The van der Waals surface area contributed by atoms with Crippen LogP contribution in [0.25, 0.3) is 5.69 Å². The number of carbonyl (C=O) groups is 1. The molecule has 0 spiro atoms. The molecule has 5 nitrogen and oxygen atoms in total. The molecule has 0 atom stereocenters. The Morgan fingerprint density at radius 2 is 1.88 bits per heavy atom. The molecule has 0 unspecified atom stereocenters. The molecule has 3 rings (SSSR count). The Morgan fingerprint density at radius 1 is 1.20 bits per heavy atom. The molecule has 1 aromatic carbocycles. The van der Waals surface area contributed by atoms with Crippen LogP contribution in [0.4, 0.5) is 0 Å². The maximum Gasteiger partial charge on any atom is 0.257 e. The molecule has 2 aromatic rings. The summed E-state index contributed by atoms with van der Waals surface area (Å²) in [4.78, 5) is 15.1. The second-order valence-electron chi connectivity index (χ2n) is 6.87. The third-order valence-corrected chi connectivity index (χ3v) is 4.50. The lowest BCUT2D eigenvalue weighted by Gasteiger charge is -2.27. The van der Waals surface area contributed by atoms with Crippen molar-refractivity contribution in [3.05, 3.63) is 47.3 Å². The minimum atomic E-state index is 0.0954. The van der Waals surface area contributed by atoms with E-state index < -0.39 is 0 Å². The largest absolute Gasteiger partial charge is 0.378 e. The minimum Gasteiger partial charge on any atom is -0.378 e. The zero-order valence-corrected chi connectivity index (χ0v) is 15.4. The smallest absolute Gasteiger partial charge is 0.257 e. The first kappa shape index (κ1) is 17.7. The van der Waals surface area contributed by atoms with Gasteiger partial charge >= 0.3 is 0 Å². The maximum absolute atomic E-state index is 13.2. The highest BCUT2D eigenvalue weighted by Crippen LogP contribution is 2.24. The van der Waals surface area contributed by atoms with Crippen molar-refractivity contribution in [1.82, 2.24) is 14.7 Å². The molecule has 0 N–H and O–H groups in total. The van der Waals surface area contributed by atoms with Crippen molar-refractivity contribution in [2.45, 2.75) is 33.6 Å². The van der Waals surface area contributed by atoms with Crippen LogP contribution in [0.2, 0.25) is 0 Å². The first-order chi connectivity index (χ1) is 12.1. The van der Waals surface area contributed by atoms with Crippen LogP contribution in [0.15, 0.2) is 30.3 Å². The van der Waals surface area contributed by atoms with Gasteiger partial charge in [0.1, 0.15) is 0 Å². The average molecular weight is 341 g/mol. The monoisotopic (exact) mass is 341 g/mol. The lowest BCUT2D eigenvalue weighted by molar-refractivity contribution is 0.0301. The van der Waals surface area contributed by atoms with Crippen molar-refractivity contribution in [1.29, 1.82) is 0 Å². The standard InChI is InChI=1S/C20H27N3O2/c1-4-18-19(20(24)22-10-12-25-13-11-22)17(14-15(2)3)21-23(18)16-8-6-5-7-9-16/h5-9,15H,4,10-14H2,1-3H3. The van der Waals surface area contributed by atoms with Crippen LogP contribution in [-0.4, -0.2) is 46.9 Å². The van der Waals surface area contributed by atoms with Crippen molar-refractivity contribution in [2.24, 2.45) is 5.92 Å². The average Bonchev–Trinajstić information content (AvgIpc) is 3.00. The van der Waals surface area contributed by atoms with E-state index in [0.29, 0.717) is 32.2 Å². The topological polar surface area (TPSA) is 47.4 Å². The molecule has 0 radical (unpaired) electrons. The summed E-state index contributed by atoms with van der Waals surface area (Å²) in [5.41, 5.74) is 3.71. The third-order valence-electron chi connectivity index (χ3n) is 4.50. The number of ether oxygens (including phenoxy) is 1. The maximum atomic E-state index is 13.2. The number of hydrogen-bond acceptors (Lipinski definition) is 3. The first-order valence-electron chi connectivity index (χ1n) is 9.15. The molecule has 0 saturated carbocycles. The van der Waals surface area contributed by atoms with Gasteiger partial charge in [-0.2, -0.15) is 5.10 Å².